The van der Waals surface area contributed by atoms with Crippen molar-refractivity contribution in [1.82, 2.24) is 5.32 Å². The summed E-state index contributed by atoms with van der Waals surface area (Å²) in [5.41, 5.74) is -0.953. The number of carbonyl (C=O) groups is 1. The molecule has 0 bridgehead atoms. The lowest BCUT2D eigenvalue weighted by molar-refractivity contribution is -0.202. The Bertz CT molecular complexity index is 304. The van der Waals surface area contributed by atoms with Crippen LogP contribution in [-0.2, 0) is 9.53 Å². The molecule has 5 heteroatoms. The number of ether oxygens (including phenoxy) is 1. The van der Waals surface area contributed by atoms with Crippen molar-refractivity contribution in [3.8, 4) is 0 Å². The van der Waals surface area contributed by atoms with E-state index in [4.69, 9.17) is 17.0 Å². The molecule has 2 N–H and O–H groups in total. The monoisotopic (exact) mass is 215 g/mol. The zero-order chi connectivity index (χ0) is 10.5. The average Bonchev–Trinajstić information content (AvgIpc) is 2.37. The van der Waals surface area contributed by atoms with Crippen LogP contribution < -0.4 is 5.32 Å². The highest BCUT2D eigenvalue weighted by molar-refractivity contribution is 7.80. The van der Waals surface area contributed by atoms with Crippen molar-refractivity contribution in [2.45, 2.75) is 38.0 Å². The molecule has 2 rings (SSSR count). The molecule has 14 heavy (non-hydrogen) atoms. The van der Waals surface area contributed by atoms with Crippen molar-refractivity contribution in [2.75, 3.05) is 0 Å². The molecule has 0 aromatic rings. The maximum absolute atomic E-state index is 11.4. The number of aliphatic hydroxyl groups is 1. The smallest absolute Gasteiger partial charge is 0.338 e. The van der Waals surface area contributed by atoms with Gasteiger partial charge in [0.2, 0.25) is 0 Å². The van der Waals surface area contributed by atoms with Crippen LogP contribution in [0.5, 0.6) is 0 Å². The molecule has 2 heterocycles. The second-order valence-corrected chi connectivity index (χ2v) is 4.70. The SMILES string of the molecule is CC(C)C(O)C12NC(=S)CC1OC2=O. The van der Waals surface area contributed by atoms with Gasteiger partial charge in [0.05, 0.1) is 11.1 Å². The summed E-state index contributed by atoms with van der Waals surface area (Å²) in [7, 11) is 0. The van der Waals surface area contributed by atoms with Crippen LogP contribution in [0.25, 0.3) is 0 Å². The third-order valence-electron chi connectivity index (χ3n) is 2.91. The van der Waals surface area contributed by atoms with Gasteiger partial charge < -0.3 is 15.2 Å². The van der Waals surface area contributed by atoms with Gasteiger partial charge in [-0.2, -0.15) is 0 Å². The Kier molecular flexibility index (Phi) is 2.04. The summed E-state index contributed by atoms with van der Waals surface area (Å²) < 4.78 is 4.96. The first-order valence-corrected chi connectivity index (χ1v) is 5.09. The maximum atomic E-state index is 11.4. The summed E-state index contributed by atoms with van der Waals surface area (Å²) in [4.78, 5) is 12.0. The molecule has 2 aliphatic rings. The van der Waals surface area contributed by atoms with E-state index in [1.165, 1.54) is 0 Å². The van der Waals surface area contributed by atoms with E-state index in [1.54, 1.807) is 0 Å². The number of hydrogen-bond donors (Lipinski definition) is 2. The van der Waals surface area contributed by atoms with Gasteiger partial charge >= 0.3 is 5.97 Å². The number of nitrogens with one attached hydrogen (secondary N) is 1. The minimum atomic E-state index is -0.953. The quantitative estimate of drug-likeness (QED) is 0.501. The summed E-state index contributed by atoms with van der Waals surface area (Å²) in [6.07, 6.45) is -0.487. The Morgan fingerprint density at radius 2 is 2.36 bits per heavy atom. The number of esters is 1. The Morgan fingerprint density at radius 1 is 1.71 bits per heavy atom. The number of aliphatic hydroxyl groups excluding tert-OH is 1. The third-order valence-corrected chi connectivity index (χ3v) is 3.18. The lowest BCUT2D eigenvalue weighted by atomic mass is 9.78. The summed E-state index contributed by atoms with van der Waals surface area (Å²) in [5, 5.41) is 12.9. The topological polar surface area (TPSA) is 58.6 Å². The molecule has 0 spiro atoms. The molecule has 0 aliphatic carbocycles. The van der Waals surface area contributed by atoms with E-state index in [2.05, 4.69) is 5.32 Å². The van der Waals surface area contributed by atoms with Crippen molar-refractivity contribution < 1.29 is 14.6 Å². The first-order chi connectivity index (χ1) is 6.48. The van der Waals surface area contributed by atoms with Crippen LogP contribution in [0.3, 0.4) is 0 Å². The minimum absolute atomic E-state index is 0.00116. The molecule has 0 amide bonds. The summed E-state index contributed by atoms with van der Waals surface area (Å²) in [5.74, 6) is -0.387. The van der Waals surface area contributed by atoms with Crippen molar-refractivity contribution in [2.24, 2.45) is 5.92 Å². The van der Waals surface area contributed by atoms with E-state index in [0.717, 1.165) is 0 Å². The van der Waals surface area contributed by atoms with Crippen LogP contribution in [0.2, 0.25) is 0 Å². The predicted octanol–water partition coefficient (Wildman–Crippen LogP) is -0.0118. The fourth-order valence-corrected chi connectivity index (χ4v) is 2.41. The third kappa shape index (κ3) is 1.02. The van der Waals surface area contributed by atoms with Gasteiger partial charge in [0.15, 0.2) is 5.54 Å². The van der Waals surface area contributed by atoms with Gasteiger partial charge in [-0.1, -0.05) is 26.1 Å². The van der Waals surface area contributed by atoms with E-state index in [9.17, 15) is 9.90 Å². The minimum Gasteiger partial charge on any atom is -0.457 e. The van der Waals surface area contributed by atoms with Crippen LogP contribution in [0.1, 0.15) is 20.3 Å². The first kappa shape index (κ1) is 9.86. The predicted molar refractivity (Wildman–Crippen MR) is 53.8 cm³/mol. The number of fused-ring (bicyclic) bond motifs is 1. The highest BCUT2D eigenvalue weighted by Crippen LogP contribution is 2.40. The zero-order valence-corrected chi connectivity index (χ0v) is 8.93. The number of thiocarbonyl (C=S) groups is 1. The molecule has 0 radical (unpaired) electrons. The highest BCUT2D eigenvalue weighted by atomic mass is 32.1. The van der Waals surface area contributed by atoms with Crippen molar-refractivity contribution in [1.29, 1.82) is 0 Å². The molecular weight excluding hydrogens is 202 g/mol. The van der Waals surface area contributed by atoms with E-state index < -0.39 is 11.6 Å². The van der Waals surface area contributed by atoms with Gasteiger partial charge in [-0.3, -0.25) is 0 Å². The molecule has 78 valence electrons. The zero-order valence-electron chi connectivity index (χ0n) is 8.11. The number of carbonyl (C=O) groups excluding carboxylic acids is 1. The van der Waals surface area contributed by atoms with Gasteiger partial charge in [-0.25, -0.2) is 4.79 Å². The van der Waals surface area contributed by atoms with Gasteiger partial charge in [-0.15, -0.1) is 0 Å². The van der Waals surface area contributed by atoms with E-state index in [1.807, 2.05) is 13.8 Å². The second-order valence-electron chi connectivity index (χ2n) is 4.20. The molecule has 0 saturated carbocycles. The van der Waals surface area contributed by atoms with Crippen molar-refractivity contribution in [3.05, 3.63) is 0 Å². The Balaban J connectivity index is 2.28. The van der Waals surface area contributed by atoms with Crippen molar-refractivity contribution >= 4 is 23.2 Å². The maximum Gasteiger partial charge on any atom is 0.338 e. The second kappa shape index (κ2) is 2.90. The van der Waals surface area contributed by atoms with Gasteiger partial charge in [-0.05, 0) is 5.92 Å². The first-order valence-electron chi connectivity index (χ1n) is 4.68. The molecule has 3 unspecified atom stereocenters. The van der Waals surface area contributed by atoms with Crippen LogP contribution in [0.4, 0.5) is 0 Å². The fourth-order valence-electron chi connectivity index (χ4n) is 2.09. The molecule has 3 atom stereocenters. The standard InChI is InChI=1S/C9H13NO3S/c1-4(2)7(11)9-5(13-8(9)12)3-6(14)10-9/h4-5,7,11H,3H2,1-2H3,(H,10,14). The van der Waals surface area contributed by atoms with Crippen molar-refractivity contribution in [3.63, 3.8) is 0 Å². The molecule has 2 fully saturated rings. The Morgan fingerprint density at radius 3 is 2.79 bits per heavy atom. The normalized spacial score (nSPS) is 37.3. The van der Waals surface area contributed by atoms with Crippen LogP contribution in [0, 0.1) is 5.92 Å². The van der Waals surface area contributed by atoms with Gasteiger partial charge in [0.25, 0.3) is 0 Å². The van der Waals surface area contributed by atoms with Crippen LogP contribution >= 0.6 is 12.2 Å². The van der Waals surface area contributed by atoms with Gasteiger partial charge in [0, 0.05) is 6.42 Å². The lowest BCUT2D eigenvalue weighted by Crippen LogP contribution is -2.73. The summed E-state index contributed by atoms with van der Waals surface area (Å²) in [6, 6.07) is 0. The average molecular weight is 215 g/mol. The lowest BCUT2D eigenvalue weighted by Gasteiger charge is -2.45. The molecule has 2 aliphatic heterocycles. The molecule has 0 aromatic heterocycles. The molecular formula is C9H13NO3S. The summed E-state index contributed by atoms with van der Waals surface area (Å²) >= 11 is 4.99. The van der Waals surface area contributed by atoms with E-state index in [-0.39, 0.29) is 18.0 Å². The van der Waals surface area contributed by atoms with Crippen LogP contribution in [-0.4, -0.2) is 33.8 Å². The Labute approximate surface area is 87.6 Å². The van der Waals surface area contributed by atoms with E-state index in [0.29, 0.717) is 11.4 Å². The molecule has 2 saturated heterocycles. The largest absolute Gasteiger partial charge is 0.457 e. The Hall–Kier alpha value is -0.680. The fraction of sp³-hybridized carbons (Fsp3) is 0.778. The highest BCUT2D eigenvalue weighted by Gasteiger charge is 2.67. The molecule has 0 aromatic carbocycles. The van der Waals surface area contributed by atoms with E-state index >= 15 is 0 Å². The number of hydrogen-bond acceptors (Lipinski definition) is 4. The molecule has 4 nitrogen and oxygen atoms in total. The van der Waals surface area contributed by atoms with Crippen LogP contribution in [0.15, 0.2) is 0 Å². The number of rotatable bonds is 2. The summed E-state index contributed by atoms with van der Waals surface area (Å²) in [6.45, 7) is 3.73. The van der Waals surface area contributed by atoms with Gasteiger partial charge in [0.1, 0.15) is 6.10 Å².